The highest BCUT2D eigenvalue weighted by molar-refractivity contribution is 5.95. The molecule has 0 heterocycles. The van der Waals surface area contributed by atoms with Crippen LogP contribution in [0.4, 0.5) is 0 Å². The number of hydrogen-bond donors (Lipinski definition) is 2. The van der Waals surface area contributed by atoms with Gasteiger partial charge in [0.15, 0.2) is 0 Å². The van der Waals surface area contributed by atoms with Crippen LogP contribution in [0, 0.1) is 5.41 Å². The number of nitrogens with one attached hydrogen (secondary N) is 1. The maximum atomic E-state index is 12.2. The molecule has 1 aromatic rings. The fourth-order valence-corrected chi connectivity index (χ4v) is 2.79. The SMILES string of the molecule is CCc1ccc(C(=O)NC2CCCC2(C)C(=O)O)cc1. The summed E-state index contributed by atoms with van der Waals surface area (Å²) >= 11 is 0. The number of aryl methyl sites for hydroxylation is 1. The first-order chi connectivity index (χ1) is 9.47. The molecule has 1 aromatic carbocycles. The molecule has 4 heteroatoms. The number of carbonyl (C=O) groups is 2. The molecule has 0 spiro atoms. The summed E-state index contributed by atoms with van der Waals surface area (Å²) in [4.78, 5) is 23.6. The number of rotatable bonds is 4. The lowest BCUT2D eigenvalue weighted by atomic mass is 9.85. The van der Waals surface area contributed by atoms with Crippen molar-refractivity contribution in [2.45, 2.75) is 45.6 Å². The lowest BCUT2D eigenvalue weighted by Crippen LogP contribution is -2.47. The Morgan fingerprint density at radius 3 is 2.55 bits per heavy atom. The minimum Gasteiger partial charge on any atom is -0.481 e. The zero-order chi connectivity index (χ0) is 14.8. The molecule has 2 atom stereocenters. The van der Waals surface area contributed by atoms with Gasteiger partial charge in [-0.2, -0.15) is 0 Å². The van der Waals surface area contributed by atoms with Crippen molar-refractivity contribution in [3.63, 3.8) is 0 Å². The Bertz CT molecular complexity index is 509. The van der Waals surface area contributed by atoms with Crippen molar-refractivity contribution >= 4 is 11.9 Å². The van der Waals surface area contributed by atoms with E-state index < -0.39 is 11.4 Å². The summed E-state index contributed by atoms with van der Waals surface area (Å²) in [7, 11) is 0. The Morgan fingerprint density at radius 2 is 2.00 bits per heavy atom. The molecule has 0 saturated heterocycles. The molecule has 108 valence electrons. The van der Waals surface area contributed by atoms with E-state index in [0.29, 0.717) is 12.0 Å². The Hall–Kier alpha value is -1.84. The third-order valence-corrected chi connectivity index (χ3v) is 4.38. The second-order valence-electron chi connectivity index (χ2n) is 5.69. The molecular formula is C16H21NO3. The number of carbonyl (C=O) groups excluding carboxylic acids is 1. The summed E-state index contributed by atoms with van der Waals surface area (Å²) in [6.07, 6.45) is 3.10. The number of carboxylic acid groups (broad SMARTS) is 1. The van der Waals surface area contributed by atoms with Crippen molar-refractivity contribution in [2.24, 2.45) is 5.41 Å². The molecule has 0 radical (unpaired) electrons. The molecule has 0 bridgehead atoms. The van der Waals surface area contributed by atoms with Gasteiger partial charge in [-0.3, -0.25) is 9.59 Å². The summed E-state index contributed by atoms with van der Waals surface area (Å²) < 4.78 is 0. The number of carboxylic acids is 1. The van der Waals surface area contributed by atoms with Crippen molar-refractivity contribution in [1.29, 1.82) is 0 Å². The van der Waals surface area contributed by atoms with Gasteiger partial charge in [-0.1, -0.05) is 25.5 Å². The van der Waals surface area contributed by atoms with Crippen LogP contribution >= 0.6 is 0 Å². The summed E-state index contributed by atoms with van der Waals surface area (Å²) in [6.45, 7) is 3.78. The van der Waals surface area contributed by atoms with Crippen molar-refractivity contribution in [3.05, 3.63) is 35.4 Å². The van der Waals surface area contributed by atoms with Crippen LogP contribution in [0.2, 0.25) is 0 Å². The minimum absolute atomic E-state index is 0.188. The second kappa shape index (κ2) is 5.65. The molecular weight excluding hydrogens is 254 g/mol. The summed E-state index contributed by atoms with van der Waals surface area (Å²) in [5.74, 6) is -1.02. The Balaban J connectivity index is 2.09. The molecule has 1 amide bonds. The van der Waals surface area contributed by atoms with E-state index in [-0.39, 0.29) is 11.9 Å². The first-order valence-corrected chi connectivity index (χ1v) is 7.10. The quantitative estimate of drug-likeness (QED) is 0.887. The monoisotopic (exact) mass is 275 g/mol. The van der Waals surface area contributed by atoms with E-state index in [1.54, 1.807) is 19.1 Å². The standard InChI is InChI=1S/C16H21NO3/c1-3-11-6-8-12(9-7-11)14(18)17-13-5-4-10-16(13,2)15(19)20/h6-9,13H,3-5,10H2,1-2H3,(H,17,18)(H,19,20). The summed E-state index contributed by atoms with van der Waals surface area (Å²) in [6, 6.07) is 7.15. The first-order valence-electron chi connectivity index (χ1n) is 7.10. The van der Waals surface area contributed by atoms with E-state index >= 15 is 0 Å². The first kappa shape index (κ1) is 14.6. The molecule has 1 aliphatic rings. The molecule has 0 aliphatic heterocycles. The highest BCUT2D eigenvalue weighted by Gasteiger charge is 2.45. The number of benzene rings is 1. The third kappa shape index (κ3) is 2.69. The average Bonchev–Trinajstić information content (AvgIpc) is 2.81. The van der Waals surface area contributed by atoms with Gasteiger partial charge in [-0.15, -0.1) is 0 Å². The van der Waals surface area contributed by atoms with Crippen molar-refractivity contribution in [3.8, 4) is 0 Å². The van der Waals surface area contributed by atoms with Crippen LogP contribution in [0.3, 0.4) is 0 Å². The van der Waals surface area contributed by atoms with E-state index in [1.165, 1.54) is 5.56 Å². The van der Waals surface area contributed by atoms with Gasteiger partial charge in [0.1, 0.15) is 0 Å². The van der Waals surface area contributed by atoms with Crippen LogP contribution in [-0.4, -0.2) is 23.0 Å². The smallest absolute Gasteiger partial charge is 0.311 e. The maximum Gasteiger partial charge on any atom is 0.311 e. The summed E-state index contributed by atoms with van der Waals surface area (Å²) in [5.41, 5.74) is 0.915. The molecule has 20 heavy (non-hydrogen) atoms. The van der Waals surface area contributed by atoms with Crippen LogP contribution in [-0.2, 0) is 11.2 Å². The fraction of sp³-hybridized carbons (Fsp3) is 0.500. The molecule has 0 aromatic heterocycles. The lowest BCUT2D eigenvalue weighted by molar-refractivity contribution is -0.148. The highest BCUT2D eigenvalue weighted by Crippen LogP contribution is 2.38. The van der Waals surface area contributed by atoms with Crippen LogP contribution in [0.15, 0.2) is 24.3 Å². The van der Waals surface area contributed by atoms with Crippen molar-refractivity contribution in [2.75, 3.05) is 0 Å². The molecule has 2 rings (SSSR count). The van der Waals surface area contributed by atoms with Crippen LogP contribution in [0.25, 0.3) is 0 Å². The van der Waals surface area contributed by atoms with Crippen molar-refractivity contribution in [1.82, 2.24) is 5.32 Å². The topological polar surface area (TPSA) is 66.4 Å². The molecule has 1 fully saturated rings. The van der Waals surface area contributed by atoms with Gasteiger partial charge >= 0.3 is 5.97 Å². The van der Waals surface area contributed by atoms with Crippen LogP contribution in [0.1, 0.15) is 49.0 Å². The van der Waals surface area contributed by atoms with Gasteiger partial charge in [0, 0.05) is 11.6 Å². The van der Waals surface area contributed by atoms with Crippen LogP contribution < -0.4 is 5.32 Å². The van der Waals surface area contributed by atoms with Crippen LogP contribution in [0.5, 0.6) is 0 Å². The Morgan fingerprint density at radius 1 is 1.35 bits per heavy atom. The van der Waals surface area contributed by atoms with E-state index in [1.807, 2.05) is 12.1 Å². The normalized spacial score (nSPS) is 25.4. The van der Waals surface area contributed by atoms with Gasteiger partial charge in [0.05, 0.1) is 5.41 Å². The predicted molar refractivity (Wildman–Crippen MR) is 76.7 cm³/mol. The largest absolute Gasteiger partial charge is 0.481 e. The van der Waals surface area contributed by atoms with Gasteiger partial charge < -0.3 is 10.4 Å². The van der Waals surface area contributed by atoms with Gasteiger partial charge in [-0.25, -0.2) is 0 Å². The van der Waals surface area contributed by atoms with Gasteiger partial charge in [-0.05, 0) is 43.9 Å². The van der Waals surface area contributed by atoms with E-state index in [0.717, 1.165) is 19.3 Å². The average molecular weight is 275 g/mol. The molecule has 2 unspecified atom stereocenters. The number of aliphatic carboxylic acids is 1. The number of hydrogen-bond acceptors (Lipinski definition) is 2. The Labute approximate surface area is 119 Å². The molecule has 4 nitrogen and oxygen atoms in total. The minimum atomic E-state index is -0.848. The molecule has 2 N–H and O–H groups in total. The Kier molecular flexibility index (Phi) is 4.12. The second-order valence-corrected chi connectivity index (χ2v) is 5.69. The third-order valence-electron chi connectivity index (χ3n) is 4.38. The summed E-state index contributed by atoms with van der Waals surface area (Å²) in [5, 5.41) is 12.2. The zero-order valence-corrected chi connectivity index (χ0v) is 12.0. The van der Waals surface area contributed by atoms with E-state index in [4.69, 9.17) is 0 Å². The zero-order valence-electron chi connectivity index (χ0n) is 12.0. The maximum absolute atomic E-state index is 12.2. The number of amides is 1. The highest BCUT2D eigenvalue weighted by atomic mass is 16.4. The lowest BCUT2D eigenvalue weighted by Gasteiger charge is -2.27. The predicted octanol–water partition coefficient (Wildman–Crippen LogP) is 2.62. The molecule has 1 aliphatic carbocycles. The van der Waals surface area contributed by atoms with Gasteiger partial charge in [0.25, 0.3) is 5.91 Å². The fourth-order valence-electron chi connectivity index (χ4n) is 2.79. The van der Waals surface area contributed by atoms with Crippen molar-refractivity contribution < 1.29 is 14.7 Å². The molecule has 1 saturated carbocycles. The van der Waals surface area contributed by atoms with Gasteiger partial charge in [0.2, 0.25) is 0 Å². The van der Waals surface area contributed by atoms with E-state index in [9.17, 15) is 14.7 Å². The van der Waals surface area contributed by atoms with E-state index in [2.05, 4.69) is 12.2 Å².